The third-order valence-electron chi connectivity index (χ3n) is 3.36. The van der Waals surface area contributed by atoms with Gasteiger partial charge in [0, 0.05) is 19.2 Å². The molecule has 1 unspecified atom stereocenters. The molecule has 0 aliphatic carbocycles. The maximum Gasteiger partial charge on any atom is 0.234 e. The standard InChI is InChI=1S/C14H17N5OS/c1-9(10-3-5-11(15)6-4-10)7-13-18-19-12(8-20-2)16-17-14(19)21-13/h3-6,9H,7-8,15H2,1-2H3. The topological polar surface area (TPSA) is 78.3 Å². The molecule has 7 heteroatoms. The van der Waals surface area contributed by atoms with Crippen LogP contribution in [0.25, 0.3) is 4.96 Å². The first-order valence-corrected chi connectivity index (χ1v) is 7.53. The SMILES string of the molecule is COCc1nnc2sc(CC(C)c3ccc(N)cc3)nn12. The Kier molecular flexibility index (Phi) is 3.85. The number of nitrogens with two attached hydrogens (primary N) is 1. The number of fused-ring (bicyclic) bond motifs is 1. The quantitative estimate of drug-likeness (QED) is 0.731. The minimum Gasteiger partial charge on any atom is -0.399 e. The van der Waals surface area contributed by atoms with Crippen LogP contribution in [0.5, 0.6) is 0 Å². The van der Waals surface area contributed by atoms with Crippen LogP contribution in [0.2, 0.25) is 0 Å². The normalized spacial score (nSPS) is 12.9. The van der Waals surface area contributed by atoms with Crippen LogP contribution in [0.15, 0.2) is 24.3 Å². The summed E-state index contributed by atoms with van der Waals surface area (Å²) in [7, 11) is 1.64. The van der Waals surface area contributed by atoms with Crippen molar-refractivity contribution in [2.24, 2.45) is 0 Å². The summed E-state index contributed by atoms with van der Waals surface area (Å²) in [5, 5.41) is 13.8. The summed E-state index contributed by atoms with van der Waals surface area (Å²) in [5.41, 5.74) is 7.76. The van der Waals surface area contributed by atoms with E-state index in [0.29, 0.717) is 12.5 Å². The van der Waals surface area contributed by atoms with E-state index in [1.807, 2.05) is 12.1 Å². The zero-order valence-corrected chi connectivity index (χ0v) is 12.8. The molecular weight excluding hydrogens is 286 g/mol. The van der Waals surface area contributed by atoms with Crippen molar-refractivity contribution in [2.75, 3.05) is 12.8 Å². The van der Waals surface area contributed by atoms with Gasteiger partial charge in [-0.05, 0) is 23.6 Å². The van der Waals surface area contributed by atoms with E-state index in [2.05, 4.69) is 34.4 Å². The first kappa shape index (κ1) is 14.0. The minimum absolute atomic E-state index is 0.375. The monoisotopic (exact) mass is 303 g/mol. The van der Waals surface area contributed by atoms with Crippen molar-refractivity contribution in [3.05, 3.63) is 40.7 Å². The van der Waals surface area contributed by atoms with Crippen molar-refractivity contribution in [1.82, 2.24) is 19.8 Å². The van der Waals surface area contributed by atoms with E-state index in [-0.39, 0.29) is 0 Å². The first-order chi connectivity index (χ1) is 10.2. The maximum atomic E-state index is 5.72. The van der Waals surface area contributed by atoms with Crippen LogP contribution in [0.3, 0.4) is 0 Å². The lowest BCUT2D eigenvalue weighted by Gasteiger charge is -2.09. The van der Waals surface area contributed by atoms with Crippen molar-refractivity contribution in [2.45, 2.75) is 25.9 Å². The molecule has 0 bridgehead atoms. The molecule has 1 aromatic carbocycles. The number of hydrogen-bond acceptors (Lipinski definition) is 6. The Bertz CT molecular complexity index is 733. The number of anilines is 1. The molecule has 2 heterocycles. The molecule has 110 valence electrons. The van der Waals surface area contributed by atoms with Gasteiger partial charge in [-0.15, -0.1) is 10.2 Å². The van der Waals surface area contributed by atoms with Gasteiger partial charge in [0.1, 0.15) is 11.6 Å². The Morgan fingerprint density at radius 3 is 2.76 bits per heavy atom. The van der Waals surface area contributed by atoms with E-state index in [0.717, 1.165) is 27.9 Å². The highest BCUT2D eigenvalue weighted by Crippen LogP contribution is 2.24. The fourth-order valence-corrected chi connectivity index (χ4v) is 3.18. The lowest BCUT2D eigenvalue weighted by atomic mass is 9.98. The summed E-state index contributed by atoms with van der Waals surface area (Å²) in [4.78, 5) is 0.807. The van der Waals surface area contributed by atoms with E-state index in [1.54, 1.807) is 23.0 Å². The number of benzene rings is 1. The average molecular weight is 303 g/mol. The van der Waals surface area contributed by atoms with Crippen molar-refractivity contribution < 1.29 is 4.74 Å². The van der Waals surface area contributed by atoms with Crippen molar-refractivity contribution in [1.29, 1.82) is 0 Å². The zero-order valence-electron chi connectivity index (χ0n) is 12.0. The van der Waals surface area contributed by atoms with Crippen LogP contribution in [-0.4, -0.2) is 26.9 Å². The smallest absolute Gasteiger partial charge is 0.234 e. The van der Waals surface area contributed by atoms with Gasteiger partial charge in [-0.2, -0.15) is 9.61 Å². The molecular formula is C14H17N5OS. The Morgan fingerprint density at radius 2 is 2.05 bits per heavy atom. The third kappa shape index (κ3) is 2.88. The van der Waals surface area contributed by atoms with Crippen molar-refractivity contribution in [3.63, 3.8) is 0 Å². The molecule has 0 aliphatic rings. The van der Waals surface area contributed by atoms with Gasteiger partial charge < -0.3 is 10.5 Å². The molecule has 0 aliphatic heterocycles. The first-order valence-electron chi connectivity index (χ1n) is 6.71. The average Bonchev–Trinajstić information content (AvgIpc) is 3.01. The number of nitrogen functional groups attached to an aromatic ring is 1. The van der Waals surface area contributed by atoms with Crippen LogP contribution in [0, 0.1) is 0 Å². The van der Waals surface area contributed by atoms with Gasteiger partial charge in [-0.3, -0.25) is 0 Å². The van der Waals surface area contributed by atoms with Crippen LogP contribution >= 0.6 is 11.3 Å². The molecule has 1 atom stereocenters. The predicted molar refractivity (Wildman–Crippen MR) is 82.3 cm³/mol. The molecule has 0 spiro atoms. The number of rotatable bonds is 5. The van der Waals surface area contributed by atoms with Crippen LogP contribution in [0.4, 0.5) is 5.69 Å². The molecule has 3 aromatic rings. The number of hydrogen-bond donors (Lipinski definition) is 1. The largest absolute Gasteiger partial charge is 0.399 e. The summed E-state index contributed by atoms with van der Waals surface area (Å²) >= 11 is 1.57. The fraction of sp³-hybridized carbons (Fsp3) is 0.357. The fourth-order valence-electron chi connectivity index (χ4n) is 2.20. The molecule has 2 aromatic heterocycles. The van der Waals surface area contributed by atoms with Crippen molar-refractivity contribution in [3.8, 4) is 0 Å². The summed E-state index contributed by atoms with van der Waals surface area (Å²) < 4.78 is 6.86. The van der Waals surface area contributed by atoms with Gasteiger partial charge in [0.2, 0.25) is 4.96 Å². The highest BCUT2D eigenvalue weighted by atomic mass is 32.1. The van der Waals surface area contributed by atoms with Gasteiger partial charge >= 0.3 is 0 Å². The summed E-state index contributed by atoms with van der Waals surface area (Å²) in [6.45, 7) is 2.60. The Morgan fingerprint density at radius 1 is 1.29 bits per heavy atom. The lowest BCUT2D eigenvalue weighted by Crippen LogP contribution is -2.01. The van der Waals surface area contributed by atoms with Crippen LogP contribution in [-0.2, 0) is 17.8 Å². The maximum absolute atomic E-state index is 5.72. The van der Waals surface area contributed by atoms with Gasteiger partial charge in [-0.25, -0.2) is 0 Å². The molecule has 2 N–H and O–H groups in total. The molecule has 0 saturated carbocycles. The second-order valence-electron chi connectivity index (χ2n) is 5.01. The van der Waals surface area contributed by atoms with E-state index in [4.69, 9.17) is 10.5 Å². The molecule has 6 nitrogen and oxygen atoms in total. The Hall–Kier alpha value is -1.99. The third-order valence-corrected chi connectivity index (χ3v) is 4.28. The minimum atomic E-state index is 0.375. The lowest BCUT2D eigenvalue weighted by molar-refractivity contribution is 0.176. The van der Waals surface area contributed by atoms with Gasteiger partial charge in [0.25, 0.3) is 0 Å². The summed E-state index contributed by atoms with van der Waals surface area (Å²) in [6.07, 6.45) is 0.865. The number of methoxy groups -OCH3 is 1. The van der Waals surface area contributed by atoms with E-state index in [9.17, 15) is 0 Å². The number of ether oxygens (including phenoxy) is 1. The summed E-state index contributed by atoms with van der Waals surface area (Å²) in [6, 6.07) is 8.00. The van der Waals surface area contributed by atoms with E-state index >= 15 is 0 Å². The molecule has 0 fully saturated rings. The summed E-state index contributed by atoms with van der Waals surface area (Å²) in [5.74, 6) is 1.11. The molecule has 0 saturated heterocycles. The second kappa shape index (κ2) is 5.79. The predicted octanol–water partition coefficient (Wildman–Crippen LogP) is 2.26. The molecule has 21 heavy (non-hydrogen) atoms. The van der Waals surface area contributed by atoms with Gasteiger partial charge in [0.15, 0.2) is 5.82 Å². The van der Waals surface area contributed by atoms with E-state index < -0.39 is 0 Å². The highest BCUT2D eigenvalue weighted by molar-refractivity contribution is 7.16. The number of nitrogens with zero attached hydrogens (tertiary/aromatic N) is 4. The van der Waals surface area contributed by atoms with Crippen LogP contribution in [0.1, 0.15) is 29.2 Å². The molecule has 0 radical (unpaired) electrons. The number of aromatic nitrogens is 4. The van der Waals surface area contributed by atoms with Gasteiger partial charge in [0.05, 0.1) is 0 Å². The molecule has 0 amide bonds. The van der Waals surface area contributed by atoms with Gasteiger partial charge in [-0.1, -0.05) is 30.4 Å². The molecule has 3 rings (SSSR count). The van der Waals surface area contributed by atoms with Crippen LogP contribution < -0.4 is 5.73 Å². The van der Waals surface area contributed by atoms with E-state index in [1.165, 1.54) is 5.56 Å². The second-order valence-corrected chi connectivity index (χ2v) is 6.05. The zero-order chi connectivity index (χ0) is 14.8. The van der Waals surface area contributed by atoms with Crippen molar-refractivity contribution >= 4 is 22.0 Å². The Labute approximate surface area is 126 Å². The highest BCUT2D eigenvalue weighted by Gasteiger charge is 2.14. The Balaban J connectivity index is 1.79.